The van der Waals surface area contributed by atoms with Crippen molar-refractivity contribution in [2.45, 2.75) is 277 Å². The summed E-state index contributed by atoms with van der Waals surface area (Å²) < 4.78 is 22.9. The van der Waals surface area contributed by atoms with Crippen LogP contribution in [-0.2, 0) is 33.3 Å². The molecule has 9 heteroatoms. The summed E-state index contributed by atoms with van der Waals surface area (Å²) in [4.78, 5) is 37.3. The van der Waals surface area contributed by atoms with Gasteiger partial charge in [-0.2, -0.15) is 0 Å². The molecule has 72 heavy (non-hydrogen) atoms. The number of hydrogen-bond donors (Lipinski definition) is 1. The van der Waals surface area contributed by atoms with E-state index >= 15 is 0 Å². The molecule has 0 saturated carbocycles. The van der Waals surface area contributed by atoms with Gasteiger partial charge in [-0.1, -0.05) is 254 Å². The zero-order valence-corrected chi connectivity index (χ0v) is 47.6. The van der Waals surface area contributed by atoms with Crippen molar-refractivity contribution in [2.75, 3.05) is 47.5 Å². The standard InChI is InChI=1S/C63H113NO8/c1-6-8-10-12-14-16-18-20-21-22-23-24-25-26-27-28-29-30-31-32-33-34-35-36-37-38-39-40-41-42-44-46-48-50-52-54-61(66)72-59(58-71-63(62(67)68)69-56-55-64(3,4)5)57-70-60(65)53-51-49-47-45-43-19-17-15-13-11-9-7-2/h8,10,14,16,20-21,23-24,26-27,59,63H,6-7,9,11-13,15,17-19,22,25,28-58H2,1-5H3/p+1/b10-8-,16-14-,21-20-,24-23-,27-26-. The number of rotatable bonds is 55. The normalized spacial score (nSPS) is 13.2. The Balaban J connectivity index is 4.02. The molecule has 0 amide bonds. The van der Waals surface area contributed by atoms with E-state index in [1.54, 1.807) is 0 Å². The highest BCUT2D eigenvalue weighted by Gasteiger charge is 2.25. The third-order valence-electron chi connectivity index (χ3n) is 13.0. The Morgan fingerprint density at radius 3 is 1.18 bits per heavy atom. The minimum absolute atomic E-state index is 0.178. The maximum absolute atomic E-state index is 12.9. The summed E-state index contributed by atoms with van der Waals surface area (Å²) in [6, 6.07) is 0. The number of carbonyl (C=O) groups is 3. The fourth-order valence-electron chi connectivity index (χ4n) is 8.45. The van der Waals surface area contributed by atoms with Crippen molar-refractivity contribution in [1.29, 1.82) is 0 Å². The van der Waals surface area contributed by atoms with Crippen LogP contribution in [0.3, 0.4) is 0 Å². The molecular formula is C63H114NO8+. The number of unbranched alkanes of at least 4 members (excludes halogenated alkanes) is 30. The molecule has 0 radical (unpaired) electrons. The van der Waals surface area contributed by atoms with Gasteiger partial charge in [0.15, 0.2) is 6.10 Å². The molecular weight excluding hydrogens is 899 g/mol. The topological polar surface area (TPSA) is 108 Å². The molecule has 0 fully saturated rings. The lowest BCUT2D eigenvalue weighted by Crippen LogP contribution is -2.40. The smallest absolute Gasteiger partial charge is 0.361 e. The molecule has 0 aromatic rings. The van der Waals surface area contributed by atoms with Crippen molar-refractivity contribution < 1.29 is 42.9 Å². The molecule has 0 aromatic carbocycles. The Labute approximate surface area is 444 Å². The van der Waals surface area contributed by atoms with Gasteiger partial charge in [0.25, 0.3) is 6.29 Å². The molecule has 0 aliphatic heterocycles. The van der Waals surface area contributed by atoms with E-state index in [1.807, 2.05) is 21.1 Å². The number of esters is 2. The number of aliphatic carboxylic acids is 1. The van der Waals surface area contributed by atoms with Crippen LogP contribution in [0.2, 0.25) is 0 Å². The average Bonchev–Trinajstić information content (AvgIpc) is 3.35. The SMILES string of the molecule is CC/C=C\C/C=C\C/C=C\C/C=C\C/C=C\CCCCCCCCCCCCCCCCCCCCCC(=O)OC(COC(=O)CCCCCCCCCCCCCC)COC(OCC[N+](C)(C)C)C(=O)O. The van der Waals surface area contributed by atoms with Gasteiger partial charge in [-0.05, 0) is 57.8 Å². The third kappa shape index (κ3) is 54.8. The van der Waals surface area contributed by atoms with E-state index in [-0.39, 0.29) is 32.2 Å². The summed E-state index contributed by atoms with van der Waals surface area (Å²) in [5.41, 5.74) is 0. The number of carboxylic acids is 1. The summed E-state index contributed by atoms with van der Waals surface area (Å²) in [6.45, 7) is 4.78. The summed E-state index contributed by atoms with van der Waals surface area (Å²) in [6.07, 6.45) is 66.0. The van der Waals surface area contributed by atoms with E-state index in [0.29, 0.717) is 17.4 Å². The number of ether oxygens (including phenoxy) is 4. The van der Waals surface area contributed by atoms with Crippen molar-refractivity contribution in [1.82, 2.24) is 0 Å². The Morgan fingerprint density at radius 1 is 0.431 bits per heavy atom. The number of carboxylic acid groups (broad SMARTS) is 1. The van der Waals surface area contributed by atoms with Gasteiger partial charge in [0.2, 0.25) is 0 Å². The third-order valence-corrected chi connectivity index (χ3v) is 13.0. The highest BCUT2D eigenvalue weighted by Crippen LogP contribution is 2.17. The van der Waals surface area contributed by atoms with Crippen molar-refractivity contribution in [3.63, 3.8) is 0 Å². The van der Waals surface area contributed by atoms with E-state index in [4.69, 9.17) is 18.9 Å². The predicted octanol–water partition coefficient (Wildman–Crippen LogP) is 17.6. The first kappa shape index (κ1) is 69.0. The van der Waals surface area contributed by atoms with E-state index < -0.39 is 24.3 Å². The highest BCUT2D eigenvalue weighted by atomic mass is 16.7. The summed E-state index contributed by atoms with van der Waals surface area (Å²) in [7, 11) is 5.97. The van der Waals surface area contributed by atoms with Gasteiger partial charge in [0, 0.05) is 12.8 Å². The van der Waals surface area contributed by atoms with Crippen LogP contribution >= 0.6 is 0 Å². The first-order valence-electron chi connectivity index (χ1n) is 30.0. The second-order valence-electron chi connectivity index (χ2n) is 21.3. The fraction of sp³-hybridized carbons (Fsp3) is 0.794. The van der Waals surface area contributed by atoms with Crippen molar-refractivity contribution in [3.05, 3.63) is 60.8 Å². The van der Waals surface area contributed by atoms with Crippen LogP contribution in [-0.4, -0.2) is 87.4 Å². The number of quaternary nitrogens is 1. The lowest BCUT2D eigenvalue weighted by molar-refractivity contribution is -0.870. The second-order valence-corrected chi connectivity index (χ2v) is 21.3. The molecule has 1 N–H and O–H groups in total. The first-order valence-corrected chi connectivity index (χ1v) is 30.0. The van der Waals surface area contributed by atoms with Crippen LogP contribution < -0.4 is 0 Å². The maximum Gasteiger partial charge on any atom is 0.361 e. The lowest BCUT2D eigenvalue weighted by Gasteiger charge is -2.25. The molecule has 2 atom stereocenters. The van der Waals surface area contributed by atoms with E-state index in [2.05, 4.69) is 74.6 Å². The van der Waals surface area contributed by atoms with Gasteiger partial charge in [-0.15, -0.1) is 0 Å². The van der Waals surface area contributed by atoms with E-state index in [1.165, 1.54) is 167 Å². The minimum Gasteiger partial charge on any atom is -0.477 e. The largest absolute Gasteiger partial charge is 0.477 e. The lowest BCUT2D eigenvalue weighted by atomic mass is 10.0. The molecule has 0 bridgehead atoms. The van der Waals surface area contributed by atoms with E-state index in [0.717, 1.165) is 70.6 Å². The van der Waals surface area contributed by atoms with Crippen molar-refractivity contribution in [2.24, 2.45) is 0 Å². The summed E-state index contributed by atoms with van der Waals surface area (Å²) in [5, 5.41) is 9.68. The van der Waals surface area contributed by atoms with Gasteiger partial charge in [0.1, 0.15) is 13.2 Å². The maximum atomic E-state index is 12.9. The number of carbonyl (C=O) groups excluding carboxylic acids is 2. The molecule has 0 aliphatic carbocycles. The molecule has 0 heterocycles. The van der Waals surface area contributed by atoms with Crippen molar-refractivity contribution >= 4 is 17.9 Å². The average molecular weight is 1010 g/mol. The quantitative estimate of drug-likeness (QED) is 0.0211. The van der Waals surface area contributed by atoms with Gasteiger partial charge >= 0.3 is 17.9 Å². The predicted molar refractivity (Wildman–Crippen MR) is 304 cm³/mol. The molecule has 0 spiro atoms. The van der Waals surface area contributed by atoms with Crippen LogP contribution in [0.5, 0.6) is 0 Å². The van der Waals surface area contributed by atoms with Crippen LogP contribution in [0.1, 0.15) is 264 Å². The van der Waals surface area contributed by atoms with Gasteiger partial charge in [-0.3, -0.25) is 9.59 Å². The molecule has 418 valence electrons. The first-order chi connectivity index (χ1) is 35.1. The van der Waals surface area contributed by atoms with Crippen LogP contribution in [0, 0.1) is 0 Å². The minimum atomic E-state index is -1.51. The van der Waals surface area contributed by atoms with Crippen LogP contribution in [0.25, 0.3) is 0 Å². The zero-order chi connectivity index (χ0) is 52.7. The fourth-order valence-corrected chi connectivity index (χ4v) is 8.45. The Bertz CT molecular complexity index is 1360. The van der Waals surface area contributed by atoms with Crippen LogP contribution in [0.15, 0.2) is 60.8 Å². The number of nitrogens with zero attached hydrogens (tertiary/aromatic N) is 1. The number of likely N-dealkylation sites (N-methyl/N-ethyl adjacent to an activating group) is 1. The number of hydrogen-bond acceptors (Lipinski definition) is 7. The Morgan fingerprint density at radius 2 is 0.792 bits per heavy atom. The van der Waals surface area contributed by atoms with Gasteiger partial charge in [0.05, 0.1) is 34.4 Å². The summed E-state index contributed by atoms with van der Waals surface area (Å²) >= 11 is 0. The Hall–Kier alpha value is -3.01. The Kier molecular flexibility index (Phi) is 52.0. The van der Waals surface area contributed by atoms with Crippen LogP contribution in [0.4, 0.5) is 0 Å². The highest BCUT2D eigenvalue weighted by molar-refractivity contribution is 5.71. The monoisotopic (exact) mass is 1010 g/mol. The second kappa shape index (κ2) is 54.3. The van der Waals surface area contributed by atoms with Crippen molar-refractivity contribution in [3.8, 4) is 0 Å². The molecule has 0 aromatic heterocycles. The summed E-state index contributed by atoms with van der Waals surface area (Å²) in [5.74, 6) is -1.99. The number of allylic oxidation sites excluding steroid dienone is 10. The molecule has 0 aliphatic rings. The molecule has 0 saturated heterocycles. The zero-order valence-electron chi connectivity index (χ0n) is 47.6. The van der Waals surface area contributed by atoms with Gasteiger partial charge in [-0.25, -0.2) is 4.79 Å². The van der Waals surface area contributed by atoms with Gasteiger partial charge < -0.3 is 28.5 Å². The molecule has 9 nitrogen and oxygen atoms in total. The molecule has 0 rings (SSSR count). The van der Waals surface area contributed by atoms with E-state index in [9.17, 15) is 19.5 Å². The molecule has 2 unspecified atom stereocenters.